The molecule has 0 atom stereocenters. The quantitative estimate of drug-likeness (QED) is 0.117. The first-order valence-corrected chi connectivity index (χ1v) is 11.7. The van der Waals surface area contributed by atoms with Crippen LogP contribution in [0.5, 0.6) is 0 Å². The number of para-hydroxylation sites is 2. The smallest absolute Gasteiger partial charge is 0.239 e. The van der Waals surface area contributed by atoms with Crippen LogP contribution in [0.2, 0.25) is 0 Å². The van der Waals surface area contributed by atoms with E-state index in [0.29, 0.717) is 0 Å². The van der Waals surface area contributed by atoms with Crippen LogP contribution >= 0.6 is 0 Å². The van der Waals surface area contributed by atoms with E-state index in [1.165, 1.54) is 0 Å². The Kier molecular flexibility index (Phi) is 6.42. The molecule has 0 aliphatic heterocycles. The van der Waals surface area contributed by atoms with Gasteiger partial charge in [0.05, 0.1) is 0 Å². The maximum atomic E-state index is 8.63. The van der Waals surface area contributed by atoms with Gasteiger partial charge < -0.3 is 15.6 Å². The lowest BCUT2D eigenvalue weighted by Crippen LogP contribution is -2.33. The topological polar surface area (TPSA) is 132 Å². The average molecular weight is 475 g/mol. The summed E-state index contributed by atoms with van der Waals surface area (Å²) in [6, 6.07) is 30.8. The molecule has 172 valence electrons. The first-order chi connectivity index (χ1) is 16.2. The normalized spacial score (nSPS) is 11.1. The third-order valence-electron chi connectivity index (χ3n) is 5.14. The number of hydrogen-bond acceptors (Lipinski definition) is 6. The summed E-state index contributed by atoms with van der Waals surface area (Å²) in [5.74, 6) is 0. The van der Waals surface area contributed by atoms with Crippen LogP contribution in [0.4, 0.5) is 17.1 Å². The molecule has 0 radical (unpaired) electrons. The Balaban J connectivity index is 0.000000499. The number of nitrogens with zero attached hydrogens (tertiary/aromatic N) is 2. The highest BCUT2D eigenvalue weighted by molar-refractivity contribution is 7.79. The second kappa shape index (κ2) is 9.44. The minimum absolute atomic E-state index is 0.766. The summed E-state index contributed by atoms with van der Waals surface area (Å²) in [6.07, 6.45) is 0. The minimum atomic E-state index is -4.92. The zero-order valence-electron chi connectivity index (χ0n) is 18.2. The third kappa shape index (κ3) is 5.46. The number of hydrogen-bond donors (Lipinski definition) is 3. The molecule has 0 spiro atoms. The van der Waals surface area contributed by atoms with Gasteiger partial charge in [0.25, 0.3) is 0 Å². The molecule has 4 aromatic carbocycles. The highest BCUT2D eigenvalue weighted by Crippen LogP contribution is 2.25. The van der Waals surface area contributed by atoms with Crippen LogP contribution < -0.4 is 15.6 Å². The zero-order valence-corrected chi connectivity index (χ0v) is 19.0. The van der Waals surface area contributed by atoms with Crippen molar-refractivity contribution in [3.05, 3.63) is 96.6 Å². The number of nitrogen functional groups attached to an aromatic ring is 1. The van der Waals surface area contributed by atoms with E-state index in [9.17, 15) is 0 Å². The van der Waals surface area contributed by atoms with Gasteiger partial charge in [0.2, 0.25) is 27.1 Å². The molecule has 5 aromatic rings. The molecule has 0 bridgehead atoms. The van der Waals surface area contributed by atoms with Gasteiger partial charge in [-0.2, -0.15) is 0 Å². The van der Waals surface area contributed by atoms with Gasteiger partial charge in [-0.15, -0.1) is 4.57 Å². The van der Waals surface area contributed by atoms with Crippen molar-refractivity contribution < 1.29 is 22.1 Å². The lowest BCUT2D eigenvalue weighted by atomic mass is 10.1. The van der Waals surface area contributed by atoms with E-state index >= 15 is 0 Å². The van der Waals surface area contributed by atoms with E-state index in [1.54, 1.807) is 0 Å². The number of rotatable bonds is 3. The molecule has 0 amide bonds. The molecule has 0 aliphatic carbocycles. The number of aromatic nitrogens is 2. The number of fused-ring (bicyclic) bond motifs is 2. The Bertz CT molecular complexity index is 1570. The van der Waals surface area contributed by atoms with Gasteiger partial charge in [-0.05, 0) is 42.8 Å². The van der Waals surface area contributed by atoms with E-state index in [0.717, 1.165) is 50.4 Å². The van der Waals surface area contributed by atoms with Crippen LogP contribution in [-0.4, -0.2) is 22.5 Å². The molecule has 5 rings (SSSR count). The van der Waals surface area contributed by atoms with Crippen molar-refractivity contribution in [2.45, 2.75) is 6.92 Å². The summed E-state index contributed by atoms with van der Waals surface area (Å²) < 4.78 is 35.1. The van der Waals surface area contributed by atoms with Gasteiger partial charge >= 0.3 is 0 Å². The summed E-state index contributed by atoms with van der Waals surface area (Å²) in [4.78, 5) is 4.91. The largest absolute Gasteiger partial charge is 0.726 e. The molecular formula is C25H22N4O4S. The molecule has 8 nitrogen and oxygen atoms in total. The fourth-order valence-electron chi connectivity index (χ4n) is 3.64. The van der Waals surface area contributed by atoms with Crippen LogP contribution in [-0.2, 0) is 10.4 Å². The van der Waals surface area contributed by atoms with Crippen LogP contribution in [0.25, 0.3) is 27.8 Å². The predicted octanol–water partition coefficient (Wildman–Crippen LogP) is 4.30. The van der Waals surface area contributed by atoms with Gasteiger partial charge in [-0.3, -0.25) is 4.55 Å². The number of nitrogens with one attached hydrogen (secondary N) is 1. The highest BCUT2D eigenvalue weighted by atomic mass is 32.3. The van der Waals surface area contributed by atoms with E-state index in [2.05, 4.69) is 58.4 Å². The van der Waals surface area contributed by atoms with E-state index in [4.69, 9.17) is 28.2 Å². The second-order valence-electron chi connectivity index (χ2n) is 7.60. The minimum Gasteiger partial charge on any atom is -0.726 e. The molecule has 0 fully saturated rings. The lowest BCUT2D eigenvalue weighted by molar-refractivity contribution is -0.538. The zero-order chi connectivity index (χ0) is 24.3. The fourth-order valence-corrected chi connectivity index (χ4v) is 3.64. The van der Waals surface area contributed by atoms with Gasteiger partial charge in [0, 0.05) is 41.3 Å². The van der Waals surface area contributed by atoms with Crippen molar-refractivity contribution in [1.29, 1.82) is 0 Å². The Labute approximate surface area is 196 Å². The average Bonchev–Trinajstić information content (AvgIpc) is 2.79. The number of aryl methyl sites for hydroxylation is 1. The van der Waals surface area contributed by atoms with Gasteiger partial charge in [-0.25, -0.2) is 13.4 Å². The van der Waals surface area contributed by atoms with Crippen molar-refractivity contribution in [2.24, 2.45) is 0 Å². The monoisotopic (exact) mass is 474 g/mol. The van der Waals surface area contributed by atoms with Crippen molar-refractivity contribution in [2.75, 3.05) is 11.1 Å². The summed E-state index contributed by atoms with van der Waals surface area (Å²) in [5.41, 5.74) is 15.1. The van der Waals surface area contributed by atoms with Crippen LogP contribution in [0.15, 0.2) is 91.0 Å². The summed E-state index contributed by atoms with van der Waals surface area (Å²) >= 11 is 0. The molecule has 9 heteroatoms. The van der Waals surface area contributed by atoms with Crippen LogP contribution in [0.3, 0.4) is 0 Å². The van der Waals surface area contributed by atoms with E-state index < -0.39 is 10.4 Å². The maximum absolute atomic E-state index is 8.63. The molecule has 0 saturated heterocycles. The Morgan fingerprint density at radius 1 is 0.853 bits per heavy atom. The Morgan fingerprint density at radius 3 is 2.09 bits per heavy atom. The maximum Gasteiger partial charge on any atom is 0.239 e. The fraction of sp³-hybridized carbons (Fsp3) is 0.0400. The van der Waals surface area contributed by atoms with Crippen molar-refractivity contribution in [1.82, 2.24) is 4.98 Å². The van der Waals surface area contributed by atoms with E-state index in [1.807, 2.05) is 49.4 Å². The third-order valence-corrected chi connectivity index (χ3v) is 5.14. The van der Waals surface area contributed by atoms with Gasteiger partial charge in [0.1, 0.15) is 11.0 Å². The summed E-state index contributed by atoms with van der Waals surface area (Å²) in [6.45, 7) is 2.01. The number of benzene rings is 4. The molecule has 0 unspecified atom stereocenters. The molecule has 0 aliphatic rings. The van der Waals surface area contributed by atoms with Gasteiger partial charge in [-0.1, -0.05) is 36.4 Å². The molecule has 4 N–H and O–H groups in total. The first-order valence-electron chi connectivity index (χ1n) is 10.3. The summed E-state index contributed by atoms with van der Waals surface area (Å²) in [7, 11) is -4.92. The molecule has 34 heavy (non-hydrogen) atoms. The Hall–Kier alpha value is -4.05. The highest BCUT2D eigenvalue weighted by Gasteiger charge is 2.20. The SMILES string of the molecule is Cc1cc2nc3ccc(Nc4ccccc4)cc3[n+](-c3ccccc3)c2cc1N.O=S(=O)([O-])O. The Morgan fingerprint density at radius 2 is 1.44 bits per heavy atom. The number of anilines is 3. The van der Waals surface area contributed by atoms with E-state index in [-0.39, 0.29) is 0 Å². The van der Waals surface area contributed by atoms with Crippen molar-refractivity contribution in [3.8, 4) is 5.69 Å². The number of nitrogens with two attached hydrogens (primary N) is 1. The van der Waals surface area contributed by atoms with Crippen LogP contribution in [0.1, 0.15) is 5.56 Å². The lowest BCUT2D eigenvalue weighted by Gasteiger charge is -2.10. The standard InChI is InChI=1S/C25H20N4.H2O4S/c1-17-14-23-25(16-21(17)26)29(20-10-6-3-7-11-20)24-15-19(12-13-22(24)28-23)27-18-8-4-2-5-9-18;1-5(2,3)4/h2-16H,1H3,(H2,26,27);(H2,1,2,3,4). The van der Waals surface area contributed by atoms with Crippen LogP contribution in [0, 0.1) is 6.92 Å². The molecular weight excluding hydrogens is 452 g/mol. The molecule has 0 saturated carbocycles. The van der Waals surface area contributed by atoms with Gasteiger partial charge in [0.15, 0.2) is 0 Å². The van der Waals surface area contributed by atoms with Crippen molar-refractivity contribution in [3.63, 3.8) is 0 Å². The molecule has 1 aromatic heterocycles. The summed E-state index contributed by atoms with van der Waals surface area (Å²) in [5, 5.41) is 3.48. The van der Waals surface area contributed by atoms with Crippen molar-refractivity contribution >= 4 is 49.5 Å². The predicted molar refractivity (Wildman–Crippen MR) is 132 cm³/mol. The molecule has 1 heterocycles. The first kappa shape index (κ1) is 23.1. The second-order valence-corrected chi connectivity index (χ2v) is 8.46.